The molecular formula is C20H15FN2O2S2. The molecule has 4 aromatic rings. The van der Waals surface area contributed by atoms with E-state index in [9.17, 15) is 9.18 Å². The van der Waals surface area contributed by atoms with Crippen molar-refractivity contribution in [2.75, 3.05) is 7.11 Å². The molecule has 0 atom stereocenters. The van der Waals surface area contributed by atoms with Crippen LogP contribution in [0.4, 0.5) is 4.39 Å². The van der Waals surface area contributed by atoms with Gasteiger partial charge in [-0.05, 0) is 23.8 Å². The number of methoxy groups -OCH3 is 1. The highest BCUT2D eigenvalue weighted by Crippen LogP contribution is 2.32. The topological polar surface area (TPSA) is 55.0 Å². The zero-order valence-electron chi connectivity index (χ0n) is 14.4. The quantitative estimate of drug-likeness (QED) is 0.376. The van der Waals surface area contributed by atoms with E-state index in [-0.39, 0.29) is 11.4 Å². The number of para-hydroxylation sites is 1. The van der Waals surface area contributed by atoms with Crippen LogP contribution in [-0.4, -0.2) is 17.1 Å². The minimum Gasteiger partial charge on any atom is -0.496 e. The third-order valence-electron chi connectivity index (χ3n) is 4.13. The number of halogens is 1. The summed E-state index contributed by atoms with van der Waals surface area (Å²) in [7, 11) is 1.64. The molecule has 0 unspecified atom stereocenters. The fourth-order valence-electron chi connectivity index (χ4n) is 2.81. The number of H-pyrrole nitrogens is 1. The summed E-state index contributed by atoms with van der Waals surface area (Å²) in [6.45, 7) is 0. The van der Waals surface area contributed by atoms with Crippen LogP contribution in [0.15, 0.2) is 63.9 Å². The Morgan fingerprint density at radius 2 is 1.96 bits per heavy atom. The maximum absolute atomic E-state index is 13.2. The summed E-state index contributed by atoms with van der Waals surface area (Å²) in [5.41, 5.74) is 2.41. The second-order valence-corrected chi connectivity index (χ2v) is 7.63. The van der Waals surface area contributed by atoms with Gasteiger partial charge in [0.2, 0.25) is 0 Å². The molecule has 2 heterocycles. The smallest absolute Gasteiger partial charge is 0.260 e. The standard InChI is InChI=1S/C20H15FN2O2S2/c1-25-16-5-3-2-4-13(16)10-27-20-22-18(24)17-15(11-26-19(17)23-20)12-6-8-14(21)9-7-12/h2-9,11H,10H2,1H3,(H,22,23,24). The van der Waals surface area contributed by atoms with E-state index in [4.69, 9.17) is 4.74 Å². The number of nitrogens with zero attached hydrogens (tertiary/aromatic N) is 1. The SMILES string of the molecule is COc1ccccc1CSc1nc2scc(-c3ccc(F)cc3)c2c(=O)[nH]1. The van der Waals surface area contributed by atoms with Crippen molar-refractivity contribution in [1.82, 2.24) is 9.97 Å². The molecule has 0 bridgehead atoms. The number of benzene rings is 2. The van der Waals surface area contributed by atoms with Crippen molar-refractivity contribution in [2.24, 2.45) is 0 Å². The minimum atomic E-state index is -0.305. The molecular weight excluding hydrogens is 383 g/mol. The molecule has 0 amide bonds. The van der Waals surface area contributed by atoms with Crippen molar-refractivity contribution in [2.45, 2.75) is 10.9 Å². The summed E-state index contributed by atoms with van der Waals surface area (Å²) in [6.07, 6.45) is 0. The van der Waals surface area contributed by atoms with E-state index in [1.165, 1.54) is 35.2 Å². The van der Waals surface area contributed by atoms with Crippen LogP contribution in [0.25, 0.3) is 21.3 Å². The van der Waals surface area contributed by atoms with Gasteiger partial charge in [-0.25, -0.2) is 9.37 Å². The third kappa shape index (κ3) is 3.61. The largest absolute Gasteiger partial charge is 0.496 e. The Morgan fingerprint density at radius 1 is 1.19 bits per heavy atom. The van der Waals surface area contributed by atoms with E-state index >= 15 is 0 Å². The lowest BCUT2D eigenvalue weighted by Crippen LogP contribution is -2.08. The normalized spacial score (nSPS) is 11.0. The molecule has 4 rings (SSSR count). The van der Waals surface area contributed by atoms with Crippen molar-refractivity contribution in [3.63, 3.8) is 0 Å². The highest BCUT2D eigenvalue weighted by Gasteiger charge is 2.14. The Morgan fingerprint density at radius 3 is 2.74 bits per heavy atom. The molecule has 0 aliphatic heterocycles. The van der Waals surface area contributed by atoms with E-state index in [1.54, 1.807) is 19.2 Å². The first-order chi connectivity index (χ1) is 13.2. The van der Waals surface area contributed by atoms with E-state index in [1.807, 2.05) is 29.6 Å². The van der Waals surface area contributed by atoms with Crippen LogP contribution >= 0.6 is 23.1 Å². The number of hydrogen-bond donors (Lipinski definition) is 1. The number of aromatic amines is 1. The predicted molar refractivity (Wildman–Crippen MR) is 108 cm³/mol. The van der Waals surface area contributed by atoms with E-state index in [0.717, 1.165) is 22.4 Å². The Kier molecular flexibility index (Phi) is 4.96. The van der Waals surface area contributed by atoms with Crippen LogP contribution < -0.4 is 10.3 Å². The molecule has 0 radical (unpaired) electrons. The van der Waals surface area contributed by atoms with Crippen LogP contribution in [0.5, 0.6) is 5.75 Å². The first-order valence-corrected chi connectivity index (χ1v) is 10.0. The Hall–Kier alpha value is -2.64. The second kappa shape index (κ2) is 7.54. The lowest BCUT2D eigenvalue weighted by Gasteiger charge is -2.07. The van der Waals surface area contributed by atoms with Crippen LogP contribution in [0.3, 0.4) is 0 Å². The Balaban J connectivity index is 1.65. The molecule has 2 aromatic heterocycles. The molecule has 136 valence electrons. The summed E-state index contributed by atoms with van der Waals surface area (Å²) in [6, 6.07) is 13.9. The van der Waals surface area contributed by atoms with Gasteiger partial charge in [-0.15, -0.1) is 11.3 Å². The van der Waals surface area contributed by atoms with Crippen LogP contribution in [-0.2, 0) is 5.75 Å². The van der Waals surface area contributed by atoms with Gasteiger partial charge in [-0.2, -0.15) is 0 Å². The molecule has 4 nitrogen and oxygen atoms in total. The van der Waals surface area contributed by atoms with Gasteiger partial charge in [0, 0.05) is 22.3 Å². The van der Waals surface area contributed by atoms with Gasteiger partial charge in [-0.3, -0.25) is 4.79 Å². The Bertz CT molecular complexity index is 1150. The summed E-state index contributed by atoms with van der Waals surface area (Å²) in [5, 5.41) is 2.98. The van der Waals surface area contributed by atoms with Gasteiger partial charge in [0.15, 0.2) is 5.16 Å². The molecule has 1 N–H and O–H groups in total. The second-order valence-electron chi connectivity index (χ2n) is 5.81. The molecule has 0 spiro atoms. The molecule has 0 aliphatic rings. The third-order valence-corrected chi connectivity index (χ3v) is 5.93. The van der Waals surface area contributed by atoms with Crippen molar-refractivity contribution >= 4 is 33.3 Å². The minimum absolute atomic E-state index is 0.192. The molecule has 2 aromatic carbocycles. The highest BCUT2D eigenvalue weighted by molar-refractivity contribution is 7.98. The number of fused-ring (bicyclic) bond motifs is 1. The van der Waals surface area contributed by atoms with Crippen molar-refractivity contribution < 1.29 is 9.13 Å². The predicted octanol–water partition coefficient (Wildman–Crippen LogP) is 5.09. The first kappa shape index (κ1) is 17.8. The monoisotopic (exact) mass is 398 g/mol. The number of nitrogens with one attached hydrogen (secondary N) is 1. The zero-order valence-corrected chi connectivity index (χ0v) is 16.0. The van der Waals surface area contributed by atoms with Crippen LogP contribution in [0.2, 0.25) is 0 Å². The fourth-order valence-corrected chi connectivity index (χ4v) is 4.66. The van der Waals surface area contributed by atoms with E-state index < -0.39 is 0 Å². The maximum Gasteiger partial charge on any atom is 0.260 e. The van der Waals surface area contributed by atoms with Crippen molar-refractivity contribution in [3.05, 3.63) is 75.6 Å². The molecule has 0 fully saturated rings. The maximum atomic E-state index is 13.2. The lowest BCUT2D eigenvalue weighted by atomic mass is 10.1. The van der Waals surface area contributed by atoms with E-state index in [2.05, 4.69) is 9.97 Å². The number of thiophene rings is 1. The van der Waals surface area contributed by atoms with Crippen LogP contribution in [0.1, 0.15) is 5.56 Å². The molecule has 7 heteroatoms. The van der Waals surface area contributed by atoms with Gasteiger partial charge in [0.25, 0.3) is 5.56 Å². The van der Waals surface area contributed by atoms with E-state index in [0.29, 0.717) is 21.1 Å². The summed E-state index contributed by atoms with van der Waals surface area (Å²) < 4.78 is 18.5. The average Bonchev–Trinajstić information content (AvgIpc) is 3.12. The van der Waals surface area contributed by atoms with Gasteiger partial charge < -0.3 is 9.72 Å². The number of thioether (sulfide) groups is 1. The fraction of sp³-hybridized carbons (Fsp3) is 0.100. The van der Waals surface area contributed by atoms with Crippen molar-refractivity contribution in [1.29, 1.82) is 0 Å². The summed E-state index contributed by atoms with van der Waals surface area (Å²) in [5.74, 6) is 1.14. The van der Waals surface area contributed by atoms with Crippen molar-refractivity contribution in [3.8, 4) is 16.9 Å². The summed E-state index contributed by atoms with van der Waals surface area (Å²) in [4.78, 5) is 20.8. The molecule has 0 aliphatic carbocycles. The van der Waals surface area contributed by atoms with Crippen LogP contribution in [0, 0.1) is 5.82 Å². The molecule has 0 saturated heterocycles. The molecule has 0 saturated carbocycles. The highest BCUT2D eigenvalue weighted by atomic mass is 32.2. The van der Waals surface area contributed by atoms with Gasteiger partial charge in [0.1, 0.15) is 16.4 Å². The number of hydrogen-bond acceptors (Lipinski definition) is 5. The lowest BCUT2D eigenvalue weighted by molar-refractivity contribution is 0.411. The Labute approximate surface area is 163 Å². The number of rotatable bonds is 5. The first-order valence-electron chi connectivity index (χ1n) is 8.18. The average molecular weight is 398 g/mol. The zero-order chi connectivity index (χ0) is 18.8. The number of ether oxygens (including phenoxy) is 1. The van der Waals surface area contributed by atoms with Gasteiger partial charge in [0.05, 0.1) is 12.5 Å². The molecule has 27 heavy (non-hydrogen) atoms. The number of aromatic nitrogens is 2. The van der Waals surface area contributed by atoms with Gasteiger partial charge >= 0.3 is 0 Å². The van der Waals surface area contributed by atoms with Gasteiger partial charge in [-0.1, -0.05) is 42.1 Å². The summed E-state index contributed by atoms with van der Waals surface area (Å²) >= 11 is 2.86.